The molecule has 8 nitrogen and oxygen atoms in total. The van der Waals surface area contributed by atoms with Gasteiger partial charge in [0, 0.05) is 0 Å². The Labute approximate surface area is 179 Å². The number of hydrogen-bond donors (Lipinski definition) is 0. The highest BCUT2D eigenvalue weighted by molar-refractivity contribution is 5.98. The van der Waals surface area contributed by atoms with Gasteiger partial charge >= 0.3 is 11.9 Å². The van der Waals surface area contributed by atoms with Crippen molar-refractivity contribution in [2.24, 2.45) is 0 Å². The summed E-state index contributed by atoms with van der Waals surface area (Å²) < 4.78 is 27.1. The van der Waals surface area contributed by atoms with E-state index < -0.39 is 18.0 Å². The molecule has 0 fully saturated rings. The van der Waals surface area contributed by atoms with Crippen LogP contribution in [0.1, 0.15) is 19.4 Å². The molecule has 0 saturated heterocycles. The van der Waals surface area contributed by atoms with E-state index in [1.54, 1.807) is 44.2 Å². The lowest BCUT2D eigenvalue weighted by atomic mass is 10.1. The monoisotopic (exact) mass is 423 g/mol. The van der Waals surface area contributed by atoms with Crippen LogP contribution in [-0.4, -0.2) is 37.9 Å². The normalized spacial score (nSPS) is 14.9. The Balaban J connectivity index is 1.78. The molecule has 0 N–H and O–H groups in total. The van der Waals surface area contributed by atoms with E-state index in [0.717, 1.165) is 0 Å². The zero-order chi connectivity index (χ0) is 22.2. The number of benzene rings is 2. The third-order valence-electron chi connectivity index (χ3n) is 4.18. The standard InChI is InChI=1S/C23H21NO7/c1-3-27-20-12-15(11-16(13-24)22(25)28-4-2)9-10-19(20)31-23(26)21-14-29-17-7-5-6-8-18(17)30-21/h5-12,21H,3-4,14H2,1-2H3/b16-11+. The van der Waals surface area contributed by atoms with Crippen molar-refractivity contribution in [2.75, 3.05) is 19.8 Å². The van der Waals surface area contributed by atoms with Crippen molar-refractivity contribution in [3.63, 3.8) is 0 Å². The molecule has 1 aliphatic rings. The van der Waals surface area contributed by atoms with E-state index in [9.17, 15) is 14.9 Å². The Kier molecular flexibility index (Phi) is 7.12. The first-order valence-electron chi connectivity index (χ1n) is 9.71. The van der Waals surface area contributed by atoms with Crippen LogP contribution in [0, 0.1) is 11.3 Å². The molecule has 0 aliphatic carbocycles. The van der Waals surface area contributed by atoms with E-state index in [0.29, 0.717) is 23.7 Å². The molecule has 160 valence electrons. The fourth-order valence-corrected chi connectivity index (χ4v) is 2.79. The first-order chi connectivity index (χ1) is 15.0. The fraction of sp³-hybridized carbons (Fsp3) is 0.261. The number of esters is 2. The van der Waals surface area contributed by atoms with Crippen molar-refractivity contribution < 1.29 is 33.3 Å². The van der Waals surface area contributed by atoms with Crippen LogP contribution in [0.2, 0.25) is 0 Å². The molecule has 0 amide bonds. The molecule has 2 aromatic rings. The summed E-state index contributed by atoms with van der Waals surface area (Å²) in [5.74, 6) is 0.136. The number of carbonyl (C=O) groups is 2. The zero-order valence-corrected chi connectivity index (χ0v) is 17.1. The average molecular weight is 423 g/mol. The topological polar surface area (TPSA) is 104 Å². The molecule has 1 aliphatic heterocycles. The highest BCUT2D eigenvalue weighted by atomic mass is 16.6. The Morgan fingerprint density at radius 2 is 1.90 bits per heavy atom. The summed E-state index contributed by atoms with van der Waals surface area (Å²) in [6.45, 7) is 3.93. The summed E-state index contributed by atoms with van der Waals surface area (Å²) in [6, 6.07) is 13.5. The van der Waals surface area contributed by atoms with Crippen LogP contribution in [0.3, 0.4) is 0 Å². The van der Waals surface area contributed by atoms with Crippen LogP contribution in [0.15, 0.2) is 48.0 Å². The molecule has 0 aromatic heterocycles. The second kappa shape index (κ2) is 10.2. The maximum Gasteiger partial charge on any atom is 0.356 e. The quantitative estimate of drug-likeness (QED) is 0.289. The summed E-state index contributed by atoms with van der Waals surface area (Å²) in [7, 11) is 0. The third kappa shape index (κ3) is 5.34. The lowest BCUT2D eigenvalue weighted by Crippen LogP contribution is -2.39. The van der Waals surface area contributed by atoms with Gasteiger partial charge < -0.3 is 23.7 Å². The van der Waals surface area contributed by atoms with E-state index in [4.69, 9.17) is 23.7 Å². The first-order valence-corrected chi connectivity index (χ1v) is 9.71. The van der Waals surface area contributed by atoms with Crippen molar-refractivity contribution in [2.45, 2.75) is 20.0 Å². The number of carbonyl (C=O) groups excluding carboxylic acids is 2. The summed E-state index contributed by atoms with van der Waals surface area (Å²) in [5.41, 5.74) is 0.361. The van der Waals surface area contributed by atoms with Gasteiger partial charge in [-0.05, 0) is 49.8 Å². The second-order valence-corrected chi connectivity index (χ2v) is 6.31. The van der Waals surface area contributed by atoms with Crippen molar-refractivity contribution in [1.82, 2.24) is 0 Å². The molecule has 0 spiro atoms. The van der Waals surface area contributed by atoms with Gasteiger partial charge in [0.1, 0.15) is 18.2 Å². The van der Waals surface area contributed by atoms with E-state index in [-0.39, 0.29) is 30.3 Å². The van der Waals surface area contributed by atoms with Crippen molar-refractivity contribution in [3.05, 3.63) is 53.6 Å². The van der Waals surface area contributed by atoms with Crippen LogP contribution in [0.4, 0.5) is 0 Å². The zero-order valence-electron chi connectivity index (χ0n) is 17.1. The SMILES string of the molecule is CCOC(=O)/C(C#N)=C/c1ccc(OC(=O)C2COc3ccccc3O2)c(OCC)c1. The van der Waals surface area contributed by atoms with Gasteiger partial charge in [-0.2, -0.15) is 5.26 Å². The highest BCUT2D eigenvalue weighted by Gasteiger charge is 2.29. The van der Waals surface area contributed by atoms with Crippen LogP contribution in [-0.2, 0) is 14.3 Å². The predicted octanol–water partition coefficient (Wildman–Crippen LogP) is 3.30. The smallest absolute Gasteiger partial charge is 0.356 e. The van der Waals surface area contributed by atoms with Gasteiger partial charge in [-0.3, -0.25) is 0 Å². The summed E-state index contributed by atoms with van der Waals surface area (Å²) >= 11 is 0. The molecule has 1 heterocycles. The Bertz CT molecular complexity index is 1040. The lowest BCUT2D eigenvalue weighted by Gasteiger charge is -2.25. The van der Waals surface area contributed by atoms with E-state index in [1.165, 1.54) is 12.1 Å². The number of hydrogen-bond acceptors (Lipinski definition) is 8. The highest BCUT2D eigenvalue weighted by Crippen LogP contribution is 2.33. The van der Waals surface area contributed by atoms with Crippen LogP contribution >= 0.6 is 0 Å². The maximum atomic E-state index is 12.6. The molecule has 8 heteroatoms. The summed E-state index contributed by atoms with van der Waals surface area (Å²) in [5, 5.41) is 9.20. The van der Waals surface area contributed by atoms with Gasteiger partial charge in [0.05, 0.1) is 13.2 Å². The average Bonchev–Trinajstić information content (AvgIpc) is 2.79. The Morgan fingerprint density at radius 3 is 2.61 bits per heavy atom. The van der Waals surface area contributed by atoms with Gasteiger partial charge in [-0.1, -0.05) is 18.2 Å². The number of para-hydroxylation sites is 2. The fourth-order valence-electron chi connectivity index (χ4n) is 2.79. The van der Waals surface area contributed by atoms with Crippen molar-refractivity contribution in [1.29, 1.82) is 5.26 Å². The molecule has 0 bridgehead atoms. The number of nitriles is 1. The number of ether oxygens (including phenoxy) is 5. The maximum absolute atomic E-state index is 12.6. The number of nitrogens with zero attached hydrogens (tertiary/aromatic N) is 1. The van der Waals surface area contributed by atoms with Crippen LogP contribution < -0.4 is 18.9 Å². The molecule has 0 radical (unpaired) electrons. The van der Waals surface area contributed by atoms with Crippen molar-refractivity contribution in [3.8, 4) is 29.1 Å². The van der Waals surface area contributed by atoms with Gasteiger partial charge in [0.2, 0.25) is 6.10 Å². The lowest BCUT2D eigenvalue weighted by molar-refractivity contribution is -0.144. The minimum Gasteiger partial charge on any atom is -0.490 e. The second-order valence-electron chi connectivity index (χ2n) is 6.31. The van der Waals surface area contributed by atoms with Gasteiger partial charge in [0.15, 0.2) is 23.0 Å². The number of fused-ring (bicyclic) bond motifs is 1. The predicted molar refractivity (Wildman–Crippen MR) is 110 cm³/mol. The van der Waals surface area contributed by atoms with E-state index in [2.05, 4.69) is 0 Å². The molecule has 1 atom stereocenters. The van der Waals surface area contributed by atoms with Crippen LogP contribution in [0.5, 0.6) is 23.0 Å². The Morgan fingerprint density at radius 1 is 1.13 bits per heavy atom. The minimum absolute atomic E-state index is 0.0195. The van der Waals surface area contributed by atoms with Crippen molar-refractivity contribution >= 4 is 18.0 Å². The summed E-state index contributed by atoms with van der Waals surface area (Å²) in [4.78, 5) is 24.4. The molecular formula is C23H21NO7. The first kappa shape index (κ1) is 21.7. The molecule has 3 rings (SSSR count). The molecule has 0 saturated carbocycles. The van der Waals surface area contributed by atoms with E-state index in [1.807, 2.05) is 12.1 Å². The minimum atomic E-state index is -0.932. The van der Waals surface area contributed by atoms with Gasteiger partial charge in [-0.15, -0.1) is 0 Å². The molecule has 2 aromatic carbocycles. The summed E-state index contributed by atoms with van der Waals surface area (Å²) in [6.07, 6.45) is 0.444. The van der Waals surface area contributed by atoms with Gasteiger partial charge in [0.25, 0.3) is 0 Å². The van der Waals surface area contributed by atoms with Gasteiger partial charge in [-0.25, -0.2) is 9.59 Å². The molecular weight excluding hydrogens is 402 g/mol. The third-order valence-corrected chi connectivity index (χ3v) is 4.18. The van der Waals surface area contributed by atoms with Crippen LogP contribution in [0.25, 0.3) is 6.08 Å². The molecule has 31 heavy (non-hydrogen) atoms. The number of rotatable bonds is 7. The Hall–Kier alpha value is -3.99. The van der Waals surface area contributed by atoms with E-state index >= 15 is 0 Å². The largest absolute Gasteiger partial charge is 0.490 e. The molecule has 1 unspecified atom stereocenters.